The Morgan fingerprint density at radius 3 is 2.91 bits per heavy atom. The van der Waals surface area contributed by atoms with E-state index in [1.54, 1.807) is 6.33 Å². The average Bonchev–Trinajstić information content (AvgIpc) is 3.09. The van der Waals surface area contributed by atoms with Crippen LogP contribution in [0.1, 0.15) is 16.9 Å². The van der Waals surface area contributed by atoms with Crippen LogP contribution in [0.5, 0.6) is 0 Å². The maximum atomic E-state index is 4.55. The van der Waals surface area contributed by atoms with Crippen LogP contribution in [0.25, 0.3) is 16.5 Å². The summed E-state index contributed by atoms with van der Waals surface area (Å²) in [4.78, 5) is 12.7. The second-order valence-electron chi connectivity index (χ2n) is 5.62. The lowest BCUT2D eigenvalue weighted by Crippen LogP contribution is -2.29. The van der Waals surface area contributed by atoms with E-state index in [1.807, 2.05) is 11.3 Å². The highest BCUT2D eigenvalue weighted by molar-refractivity contribution is 7.11. The van der Waals surface area contributed by atoms with E-state index in [0.717, 1.165) is 36.2 Å². The molecule has 4 rings (SSSR count). The van der Waals surface area contributed by atoms with E-state index in [9.17, 15) is 0 Å². The summed E-state index contributed by atoms with van der Waals surface area (Å²) in [6.45, 7) is 4.03. The molecule has 4 heteroatoms. The SMILES string of the molecule is Cc1ccc2ncnc(N3CC=C(c4cccs4)CC3)c2c1. The lowest BCUT2D eigenvalue weighted by molar-refractivity contribution is 0.820. The maximum absolute atomic E-state index is 4.55. The van der Waals surface area contributed by atoms with Crippen LogP contribution < -0.4 is 4.90 Å². The predicted octanol–water partition coefficient (Wildman–Crippen LogP) is 4.29. The maximum Gasteiger partial charge on any atom is 0.140 e. The minimum absolute atomic E-state index is 0.910. The quantitative estimate of drug-likeness (QED) is 0.707. The molecule has 0 amide bonds. The Balaban J connectivity index is 1.68. The van der Waals surface area contributed by atoms with Crippen molar-refractivity contribution in [3.05, 3.63) is 58.6 Å². The fraction of sp³-hybridized carbons (Fsp3) is 0.222. The Morgan fingerprint density at radius 2 is 2.14 bits per heavy atom. The topological polar surface area (TPSA) is 29.0 Å². The molecule has 2 aromatic heterocycles. The van der Waals surface area contributed by atoms with Gasteiger partial charge in [0.05, 0.1) is 5.52 Å². The molecular weight excluding hydrogens is 290 g/mol. The van der Waals surface area contributed by atoms with Crippen molar-refractivity contribution in [2.45, 2.75) is 13.3 Å². The Hall–Kier alpha value is -2.20. The molecule has 0 unspecified atom stereocenters. The molecule has 0 saturated carbocycles. The molecule has 0 atom stereocenters. The standard InChI is InChI=1S/C18H17N3S/c1-13-4-5-16-15(11-13)18(20-12-19-16)21-8-6-14(7-9-21)17-3-2-10-22-17/h2-6,10-12H,7-9H2,1H3. The summed E-state index contributed by atoms with van der Waals surface area (Å²) in [5, 5.41) is 3.29. The van der Waals surface area contributed by atoms with Crippen LogP contribution in [0, 0.1) is 6.92 Å². The highest BCUT2D eigenvalue weighted by Crippen LogP contribution is 2.30. The molecule has 22 heavy (non-hydrogen) atoms. The number of fused-ring (bicyclic) bond motifs is 1. The van der Waals surface area contributed by atoms with Crippen LogP contribution in [0.2, 0.25) is 0 Å². The van der Waals surface area contributed by atoms with Gasteiger partial charge in [0, 0.05) is 23.4 Å². The highest BCUT2D eigenvalue weighted by Gasteiger charge is 2.17. The van der Waals surface area contributed by atoms with Gasteiger partial charge in [-0.1, -0.05) is 23.8 Å². The first-order valence-electron chi connectivity index (χ1n) is 7.50. The number of benzene rings is 1. The first kappa shape index (κ1) is 13.5. The Kier molecular flexibility index (Phi) is 3.39. The normalized spacial score (nSPS) is 15.1. The van der Waals surface area contributed by atoms with Gasteiger partial charge in [-0.15, -0.1) is 11.3 Å². The smallest absolute Gasteiger partial charge is 0.140 e. The Bertz CT molecular complexity index is 837. The molecule has 0 aliphatic carbocycles. The third kappa shape index (κ3) is 2.40. The van der Waals surface area contributed by atoms with Crippen molar-refractivity contribution in [1.29, 1.82) is 0 Å². The van der Waals surface area contributed by atoms with Gasteiger partial charge in [0.2, 0.25) is 0 Å². The van der Waals surface area contributed by atoms with Gasteiger partial charge in [-0.3, -0.25) is 0 Å². The van der Waals surface area contributed by atoms with Crippen molar-refractivity contribution in [3.8, 4) is 0 Å². The predicted molar refractivity (Wildman–Crippen MR) is 93.4 cm³/mol. The number of aryl methyl sites for hydroxylation is 1. The van der Waals surface area contributed by atoms with Crippen LogP contribution in [0.3, 0.4) is 0 Å². The van der Waals surface area contributed by atoms with Gasteiger partial charge in [0.15, 0.2) is 0 Å². The zero-order chi connectivity index (χ0) is 14.9. The number of anilines is 1. The van der Waals surface area contributed by atoms with Crippen LogP contribution in [-0.4, -0.2) is 23.1 Å². The van der Waals surface area contributed by atoms with Gasteiger partial charge in [0.1, 0.15) is 12.1 Å². The number of rotatable bonds is 2. The third-order valence-electron chi connectivity index (χ3n) is 4.12. The molecule has 0 bridgehead atoms. The van der Waals surface area contributed by atoms with E-state index in [1.165, 1.54) is 16.0 Å². The molecule has 0 fully saturated rings. The largest absolute Gasteiger partial charge is 0.352 e. The van der Waals surface area contributed by atoms with Gasteiger partial charge in [-0.05, 0) is 42.5 Å². The van der Waals surface area contributed by atoms with Crippen molar-refractivity contribution in [3.63, 3.8) is 0 Å². The average molecular weight is 307 g/mol. The van der Waals surface area contributed by atoms with Crippen LogP contribution in [-0.2, 0) is 0 Å². The number of nitrogens with zero attached hydrogens (tertiary/aromatic N) is 3. The highest BCUT2D eigenvalue weighted by atomic mass is 32.1. The number of aromatic nitrogens is 2. The summed E-state index contributed by atoms with van der Waals surface area (Å²) in [6, 6.07) is 10.7. The van der Waals surface area contributed by atoms with Crippen molar-refractivity contribution in [1.82, 2.24) is 9.97 Å². The first-order valence-corrected chi connectivity index (χ1v) is 8.38. The van der Waals surface area contributed by atoms with Gasteiger partial charge in [-0.2, -0.15) is 0 Å². The lowest BCUT2D eigenvalue weighted by atomic mass is 10.1. The summed E-state index contributed by atoms with van der Waals surface area (Å²) in [7, 11) is 0. The monoisotopic (exact) mass is 307 g/mol. The summed E-state index contributed by atoms with van der Waals surface area (Å²) in [5.74, 6) is 1.05. The van der Waals surface area contributed by atoms with Crippen molar-refractivity contribution in [2.24, 2.45) is 0 Å². The third-order valence-corrected chi connectivity index (χ3v) is 5.06. The van der Waals surface area contributed by atoms with E-state index in [-0.39, 0.29) is 0 Å². The number of hydrogen-bond acceptors (Lipinski definition) is 4. The number of hydrogen-bond donors (Lipinski definition) is 0. The molecule has 0 N–H and O–H groups in total. The van der Waals surface area contributed by atoms with Crippen LogP contribution in [0.15, 0.2) is 48.1 Å². The second-order valence-corrected chi connectivity index (χ2v) is 6.57. The van der Waals surface area contributed by atoms with Crippen LogP contribution >= 0.6 is 11.3 Å². The zero-order valence-electron chi connectivity index (χ0n) is 12.5. The fourth-order valence-corrected chi connectivity index (χ4v) is 3.75. The van der Waals surface area contributed by atoms with E-state index in [4.69, 9.17) is 0 Å². The molecule has 3 aromatic rings. The molecular formula is C18H17N3S. The second kappa shape index (κ2) is 5.54. The summed E-state index contributed by atoms with van der Waals surface area (Å²) >= 11 is 1.82. The zero-order valence-corrected chi connectivity index (χ0v) is 13.3. The van der Waals surface area contributed by atoms with Gasteiger partial charge in [-0.25, -0.2) is 9.97 Å². The molecule has 0 radical (unpaired) electrons. The molecule has 1 aliphatic heterocycles. The minimum Gasteiger partial charge on any atom is -0.352 e. The molecule has 1 aliphatic rings. The van der Waals surface area contributed by atoms with Crippen molar-refractivity contribution in [2.75, 3.05) is 18.0 Å². The molecule has 0 saturated heterocycles. The Morgan fingerprint density at radius 1 is 1.18 bits per heavy atom. The summed E-state index contributed by atoms with van der Waals surface area (Å²) in [6.07, 6.45) is 5.07. The molecule has 1 aromatic carbocycles. The number of thiophene rings is 1. The van der Waals surface area contributed by atoms with Gasteiger partial charge >= 0.3 is 0 Å². The fourth-order valence-electron chi connectivity index (χ4n) is 2.96. The Labute approximate surface area is 134 Å². The van der Waals surface area contributed by atoms with Gasteiger partial charge < -0.3 is 4.90 Å². The van der Waals surface area contributed by atoms with Crippen LogP contribution in [0.4, 0.5) is 5.82 Å². The van der Waals surface area contributed by atoms with Crippen molar-refractivity contribution < 1.29 is 0 Å². The van der Waals surface area contributed by atoms with E-state index in [0.29, 0.717) is 0 Å². The van der Waals surface area contributed by atoms with E-state index in [2.05, 4.69) is 63.6 Å². The molecule has 3 nitrogen and oxygen atoms in total. The molecule has 110 valence electrons. The molecule has 3 heterocycles. The van der Waals surface area contributed by atoms with Gasteiger partial charge in [0.25, 0.3) is 0 Å². The summed E-state index contributed by atoms with van der Waals surface area (Å²) in [5.41, 5.74) is 3.72. The van der Waals surface area contributed by atoms with E-state index < -0.39 is 0 Å². The van der Waals surface area contributed by atoms with Crippen molar-refractivity contribution >= 4 is 33.6 Å². The lowest BCUT2D eigenvalue weighted by Gasteiger charge is -2.28. The minimum atomic E-state index is 0.910. The first-order chi connectivity index (χ1) is 10.8. The molecule has 0 spiro atoms. The summed E-state index contributed by atoms with van der Waals surface area (Å²) < 4.78 is 0. The van der Waals surface area contributed by atoms with E-state index >= 15 is 0 Å².